The molecule has 2 N–H and O–H groups in total. The van der Waals surface area contributed by atoms with E-state index in [0.717, 1.165) is 53.9 Å². The third-order valence-corrected chi connectivity index (χ3v) is 5.90. The fourth-order valence-corrected chi connectivity index (χ4v) is 4.13. The molecular weight excluding hydrogens is 402 g/mol. The summed E-state index contributed by atoms with van der Waals surface area (Å²) in [6.45, 7) is 4.49. The molecule has 0 saturated carbocycles. The zero-order valence-electron chi connectivity index (χ0n) is 18.1. The summed E-state index contributed by atoms with van der Waals surface area (Å²) in [6.07, 6.45) is 12.7. The Labute approximate surface area is 187 Å². The van der Waals surface area contributed by atoms with E-state index in [0.29, 0.717) is 18.4 Å². The Morgan fingerprint density at radius 1 is 1.06 bits per heavy atom. The molecule has 32 heavy (non-hydrogen) atoms. The van der Waals surface area contributed by atoms with Crippen molar-refractivity contribution in [3.8, 4) is 22.5 Å². The summed E-state index contributed by atoms with van der Waals surface area (Å²) in [5, 5.41) is 24.2. The normalized spacial score (nSPS) is 19.2. The van der Waals surface area contributed by atoms with Crippen molar-refractivity contribution in [3.63, 3.8) is 0 Å². The first-order chi connectivity index (χ1) is 15.7. The van der Waals surface area contributed by atoms with Crippen molar-refractivity contribution >= 4 is 5.71 Å². The quantitative estimate of drug-likeness (QED) is 0.648. The molecule has 0 bridgehead atoms. The van der Waals surface area contributed by atoms with Gasteiger partial charge in [0.2, 0.25) is 0 Å². The summed E-state index contributed by atoms with van der Waals surface area (Å²) >= 11 is 0. The topological polar surface area (TPSA) is 91.5 Å². The molecule has 2 aliphatic rings. The van der Waals surface area contributed by atoms with Crippen molar-refractivity contribution < 1.29 is 5.11 Å². The molecule has 0 spiro atoms. The van der Waals surface area contributed by atoms with Gasteiger partial charge >= 0.3 is 0 Å². The van der Waals surface area contributed by atoms with E-state index in [1.165, 1.54) is 0 Å². The largest absolute Gasteiger partial charge is 0.369 e. The maximum absolute atomic E-state index is 10.2. The van der Waals surface area contributed by atoms with Crippen LogP contribution in [0, 0.1) is 0 Å². The summed E-state index contributed by atoms with van der Waals surface area (Å²) in [5.74, 6) is 0.667. The van der Waals surface area contributed by atoms with Gasteiger partial charge in [0, 0.05) is 35.3 Å². The number of hydrazone groups is 1. The van der Waals surface area contributed by atoms with Crippen LogP contribution >= 0.6 is 0 Å². The van der Waals surface area contributed by atoms with Gasteiger partial charge in [-0.1, -0.05) is 18.2 Å². The van der Waals surface area contributed by atoms with Crippen LogP contribution in [-0.4, -0.2) is 54.9 Å². The number of benzene rings is 1. The molecule has 5 rings (SSSR count). The Bertz CT molecular complexity index is 1130. The van der Waals surface area contributed by atoms with Gasteiger partial charge in [-0.05, 0) is 56.6 Å². The summed E-state index contributed by atoms with van der Waals surface area (Å²) in [6, 6.07) is 8.49. The van der Waals surface area contributed by atoms with Crippen LogP contribution in [0.15, 0.2) is 66.3 Å². The van der Waals surface area contributed by atoms with Crippen LogP contribution in [-0.2, 0) is 6.54 Å². The Morgan fingerprint density at radius 2 is 1.88 bits per heavy atom. The van der Waals surface area contributed by atoms with Crippen LogP contribution in [0.5, 0.6) is 0 Å². The third kappa shape index (κ3) is 4.46. The number of aliphatic hydroxyl groups is 1. The molecule has 3 aromatic rings. The molecule has 164 valence electrons. The molecule has 0 amide bonds. The van der Waals surface area contributed by atoms with Gasteiger partial charge in [-0.3, -0.25) is 9.69 Å². The highest BCUT2D eigenvalue weighted by Gasteiger charge is 2.17. The second kappa shape index (κ2) is 9.02. The zero-order chi connectivity index (χ0) is 21.9. The predicted octanol–water partition coefficient (Wildman–Crippen LogP) is 3.00. The molecule has 0 aliphatic carbocycles. The Hall–Kier alpha value is -3.36. The minimum absolute atomic E-state index is 0.454. The standard InChI is InChI=1S/C24H27N7O/c1-17-5-6-23(32)31(29-17)15-18-3-2-4-19(11-18)24-26-12-20(13-27-24)21-14-28-30(16-21)22-7-9-25-10-8-22/h2-6,11-14,16,22-23,25,32H,7-10,15H2,1H3. The van der Waals surface area contributed by atoms with Crippen molar-refractivity contribution in [1.82, 2.24) is 30.1 Å². The summed E-state index contributed by atoms with van der Waals surface area (Å²) in [5.41, 5.74) is 4.82. The third-order valence-electron chi connectivity index (χ3n) is 5.90. The first-order valence-electron chi connectivity index (χ1n) is 11.0. The van der Waals surface area contributed by atoms with Crippen molar-refractivity contribution in [2.45, 2.75) is 38.6 Å². The number of rotatable bonds is 5. The molecule has 1 saturated heterocycles. The van der Waals surface area contributed by atoms with Gasteiger partial charge in [0.05, 0.1) is 24.5 Å². The van der Waals surface area contributed by atoms with Crippen LogP contribution in [0.25, 0.3) is 22.5 Å². The fourth-order valence-electron chi connectivity index (χ4n) is 4.13. The van der Waals surface area contributed by atoms with Crippen LogP contribution in [0.4, 0.5) is 0 Å². The van der Waals surface area contributed by atoms with Crippen LogP contribution in [0.2, 0.25) is 0 Å². The molecule has 1 unspecified atom stereocenters. The average molecular weight is 430 g/mol. The van der Waals surface area contributed by atoms with E-state index in [2.05, 4.69) is 36.4 Å². The first kappa shape index (κ1) is 20.5. The second-order valence-electron chi connectivity index (χ2n) is 8.30. The van der Waals surface area contributed by atoms with Gasteiger partial charge in [-0.15, -0.1) is 0 Å². The molecule has 2 aliphatic heterocycles. The van der Waals surface area contributed by atoms with Crippen molar-refractivity contribution in [3.05, 3.63) is 66.8 Å². The number of hydrogen-bond donors (Lipinski definition) is 2. The highest BCUT2D eigenvalue weighted by Crippen LogP contribution is 2.24. The molecule has 1 fully saturated rings. The minimum Gasteiger partial charge on any atom is -0.369 e. The summed E-state index contributed by atoms with van der Waals surface area (Å²) in [7, 11) is 0. The van der Waals surface area contributed by atoms with E-state index in [4.69, 9.17) is 0 Å². The highest BCUT2D eigenvalue weighted by atomic mass is 16.3. The smallest absolute Gasteiger partial charge is 0.162 e. The van der Waals surface area contributed by atoms with Crippen LogP contribution in [0.1, 0.15) is 31.4 Å². The Morgan fingerprint density at radius 3 is 2.69 bits per heavy atom. The number of nitrogens with zero attached hydrogens (tertiary/aromatic N) is 6. The van der Waals surface area contributed by atoms with Crippen molar-refractivity contribution in [1.29, 1.82) is 0 Å². The van der Waals surface area contributed by atoms with Crippen molar-refractivity contribution in [2.75, 3.05) is 13.1 Å². The molecule has 4 heterocycles. The van der Waals surface area contributed by atoms with Gasteiger partial charge < -0.3 is 10.4 Å². The maximum atomic E-state index is 10.2. The number of aliphatic hydroxyl groups excluding tert-OH is 1. The predicted molar refractivity (Wildman–Crippen MR) is 124 cm³/mol. The maximum Gasteiger partial charge on any atom is 0.162 e. The van der Waals surface area contributed by atoms with Gasteiger partial charge in [-0.2, -0.15) is 10.2 Å². The van der Waals surface area contributed by atoms with E-state index in [-0.39, 0.29) is 0 Å². The number of piperidine rings is 1. The zero-order valence-corrected chi connectivity index (χ0v) is 18.1. The monoisotopic (exact) mass is 429 g/mol. The fraction of sp³-hybridized carbons (Fsp3) is 0.333. The minimum atomic E-state index is -0.719. The lowest BCUT2D eigenvalue weighted by atomic mass is 10.1. The number of hydrogen-bond acceptors (Lipinski definition) is 7. The number of nitrogens with one attached hydrogen (secondary N) is 1. The van der Waals surface area contributed by atoms with Gasteiger partial charge in [0.15, 0.2) is 12.1 Å². The SMILES string of the molecule is CC1=NN(Cc2cccc(-c3ncc(-c4cnn(C5CCNCC5)c4)cn3)c2)C(O)C=C1. The van der Waals surface area contributed by atoms with Gasteiger partial charge in [0.25, 0.3) is 0 Å². The molecule has 1 atom stereocenters. The lowest BCUT2D eigenvalue weighted by Gasteiger charge is -2.26. The lowest BCUT2D eigenvalue weighted by Crippen LogP contribution is -2.31. The van der Waals surface area contributed by atoms with Crippen LogP contribution in [0.3, 0.4) is 0 Å². The van der Waals surface area contributed by atoms with E-state index < -0.39 is 6.23 Å². The second-order valence-corrected chi connectivity index (χ2v) is 8.30. The molecule has 0 radical (unpaired) electrons. The van der Waals surface area contributed by atoms with Crippen molar-refractivity contribution in [2.24, 2.45) is 5.10 Å². The lowest BCUT2D eigenvalue weighted by molar-refractivity contribution is 0.0356. The highest BCUT2D eigenvalue weighted by molar-refractivity contribution is 5.93. The number of allylic oxidation sites excluding steroid dienone is 1. The first-order valence-corrected chi connectivity index (χ1v) is 11.0. The summed E-state index contributed by atoms with van der Waals surface area (Å²) < 4.78 is 2.07. The summed E-state index contributed by atoms with van der Waals surface area (Å²) in [4.78, 5) is 9.20. The Balaban J connectivity index is 1.31. The van der Waals surface area contributed by atoms with Crippen LogP contribution < -0.4 is 5.32 Å². The molecule has 8 nitrogen and oxygen atoms in total. The van der Waals surface area contributed by atoms with E-state index in [1.54, 1.807) is 11.1 Å². The molecule has 1 aromatic carbocycles. The van der Waals surface area contributed by atoms with E-state index in [9.17, 15) is 5.11 Å². The van der Waals surface area contributed by atoms with E-state index >= 15 is 0 Å². The van der Waals surface area contributed by atoms with Gasteiger partial charge in [0.1, 0.15) is 0 Å². The number of aromatic nitrogens is 4. The molecular formula is C24H27N7O. The molecule has 2 aromatic heterocycles. The molecule has 8 heteroatoms. The average Bonchev–Trinajstić information content (AvgIpc) is 3.33. The van der Waals surface area contributed by atoms with Gasteiger partial charge in [-0.25, -0.2) is 9.97 Å². The Kier molecular flexibility index (Phi) is 5.79. The van der Waals surface area contributed by atoms with E-state index in [1.807, 2.05) is 55.9 Å².